The third-order valence-electron chi connectivity index (χ3n) is 5.71. The highest BCUT2D eigenvalue weighted by molar-refractivity contribution is 5.97. The van der Waals surface area contributed by atoms with Gasteiger partial charge in [-0.3, -0.25) is 9.79 Å². The molecule has 0 spiro atoms. The largest absolute Gasteiger partial charge is 0.482 e. The number of aliphatic imine (C=N–C) groups is 1. The lowest BCUT2D eigenvalue weighted by molar-refractivity contribution is -0.121. The first-order chi connectivity index (χ1) is 14.4. The Morgan fingerprint density at radius 2 is 2.07 bits per heavy atom. The Hall–Kier alpha value is -2.28. The molecule has 7 heteroatoms. The number of nitrogens with one attached hydrogen (secondary N) is 2. The Morgan fingerprint density at radius 1 is 1.27 bits per heavy atom. The highest BCUT2D eigenvalue weighted by Crippen LogP contribution is 2.34. The Labute approximate surface area is 180 Å². The van der Waals surface area contributed by atoms with Crippen molar-refractivity contribution in [3.63, 3.8) is 0 Å². The standard InChI is InChI=1S/C23H36N4O3/c1-23(2,3)21-17(9-7-14-29-21)15-26-22(24-4)25-12-8-13-27-18-10-5-6-11-19(18)30-16-20(27)28/h5-6,10-11,17,21H,7-9,12-16H2,1-4H3,(H2,24,25,26). The maximum atomic E-state index is 12.3. The topological polar surface area (TPSA) is 75.2 Å². The summed E-state index contributed by atoms with van der Waals surface area (Å²) in [5, 5.41) is 6.83. The Balaban J connectivity index is 1.44. The molecule has 2 unspecified atom stereocenters. The SMILES string of the molecule is CN=C(NCCCN1C(=O)COc2ccccc21)NCC1CCCOC1C(C)(C)C. The number of fused-ring (bicyclic) bond motifs is 1. The van der Waals surface area contributed by atoms with Gasteiger partial charge in [-0.1, -0.05) is 32.9 Å². The fourth-order valence-corrected chi connectivity index (χ4v) is 4.30. The summed E-state index contributed by atoms with van der Waals surface area (Å²) in [5.41, 5.74) is 0.979. The molecule has 3 rings (SSSR count). The first-order valence-corrected chi connectivity index (χ1v) is 11.0. The molecule has 0 bridgehead atoms. The molecule has 1 aromatic carbocycles. The number of hydrogen-bond donors (Lipinski definition) is 2. The highest BCUT2D eigenvalue weighted by Gasteiger charge is 2.35. The van der Waals surface area contributed by atoms with Crippen LogP contribution in [0.3, 0.4) is 0 Å². The van der Waals surface area contributed by atoms with Gasteiger partial charge in [-0.2, -0.15) is 0 Å². The van der Waals surface area contributed by atoms with E-state index in [1.807, 2.05) is 29.2 Å². The number of para-hydroxylation sites is 2. The maximum Gasteiger partial charge on any atom is 0.265 e. The molecule has 7 nitrogen and oxygen atoms in total. The van der Waals surface area contributed by atoms with Crippen molar-refractivity contribution in [1.82, 2.24) is 10.6 Å². The molecule has 1 fully saturated rings. The zero-order valence-corrected chi connectivity index (χ0v) is 18.7. The van der Waals surface area contributed by atoms with Crippen LogP contribution in [0.4, 0.5) is 5.69 Å². The predicted molar refractivity (Wildman–Crippen MR) is 120 cm³/mol. The van der Waals surface area contributed by atoms with Crippen molar-refractivity contribution in [1.29, 1.82) is 0 Å². The molecule has 1 saturated heterocycles. The van der Waals surface area contributed by atoms with Crippen LogP contribution in [0, 0.1) is 11.3 Å². The van der Waals surface area contributed by atoms with Gasteiger partial charge in [-0.25, -0.2) is 0 Å². The molecule has 2 N–H and O–H groups in total. The molecule has 0 radical (unpaired) electrons. The van der Waals surface area contributed by atoms with E-state index in [2.05, 4.69) is 36.4 Å². The summed E-state index contributed by atoms with van der Waals surface area (Å²) in [6.45, 7) is 9.91. The Morgan fingerprint density at radius 3 is 2.83 bits per heavy atom. The Kier molecular flexibility index (Phi) is 7.58. The van der Waals surface area contributed by atoms with Crippen molar-refractivity contribution in [2.45, 2.75) is 46.1 Å². The number of nitrogens with zero attached hydrogens (tertiary/aromatic N) is 2. The van der Waals surface area contributed by atoms with Gasteiger partial charge in [-0.05, 0) is 36.8 Å². The fourth-order valence-electron chi connectivity index (χ4n) is 4.30. The second-order valence-corrected chi connectivity index (χ2v) is 9.09. The first kappa shape index (κ1) is 22.4. The van der Waals surface area contributed by atoms with Crippen molar-refractivity contribution < 1.29 is 14.3 Å². The molecular formula is C23H36N4O3. The fraction of sp³-hybridized carbons (Fsp3) is 0.652. The molecule has 0 saturated carbocycles. The second kappa shape index (κ2) is 10.2. The lowest BCUT2D eigenvalue weighted by atomic mass is 9.78. The Bertz CT molecular complexity index is 744. The molecule has 1 amide bonds. The number of hydrogen-bond acceptors (Lipinski definition) is 4. The van der Waals surface area contributed by atoms with E-state index in [4.69, 9.17) is 9.47 Å². The number of amides is 1. The summed E-state index contributed by atoms with van der Waals surface area (Å²) in [5.74, 6) is 2.04. The zero-order valence-electron chi connectivity index (χ0n) is 18.7. The molecule has 0 aliphatic carbocycles. The number of anilines is 1. The van der Waals surface area contributed by atoms with Crippen LogP contribution in [0.1, 0.15) is 40.0 Å². The van der Waals surface area contributed by atoms with E-state index < -0.39 is 0 Å². The van der Waals surface area contributed by atoms with Gasteiger partial charge in [-0.15, -0.1) is 0 Å². The number of carbonyl (C=O) groups is 1. The van der Waals surface area contributed by atoms with E-state index in [-0.39, 0.29) is 24.0 Å². The molecule has 1 aromatic rings. The van der Waals surface area contributed by atoms with Crippen LogP contribution in [0.25, 0.3) is 0 Å². The third-order valence-corrected chi connectivity index (χ3v) is 5.71. The van der Waals surface area contributed by atoms with E-state index in [0.717, 1.165) is 49.9 Å². The molecule has 0 aromatic heterocycles. The molecule has 2 aliphatic heterocycles. The van der Waals surface area contributed by atoms with Crippen LogP contribution in [0.15, 0.2) is 29.3 Å². The monoisotopic (exact) mass is 416 g/mol. The quantitative estimate of drug-likeness (QED) is 0.424. The van der Waals surface area contributed by atoms with Crippen molar-refractivity contribution in [3.05, 3.63) is 24.3 Å². The average molecular weight is 417 g/mol. The van der Waals surface area contributed by atoms with Crippen molar-refractivity contribution in [2.24, 2.45) is 16.3 Å². The van der Waals surface area contributed by atoms with Crippen molar-refractivity contribution in [2.75, 3.05) is 44.8 Å². The predicted octanol–water partition coefficient (Wildman–Crippen LogP) is 2.81. The van der Waals surface area contributed by atoms with Gasteiger partial charge in [0.05, 0.1) is 11.8 Å². The van der Waals surface area contributed by atoms with Gasteiger partial charge in [0.1, 0.15) is 5.75 Å². The minimum absolute atomic E-state index is 0.00160. The molecule has 30 heavy (non-hydrogen) atoms. The number of carbonyl (C=O) groups excluding carboxylic acids is 1. The van der Waals surface area contributed by atoms with E-state index in [0.29, 0.717) is 12.5 Å². The number of benzene rings is 1. The van der Waals surface area contributed by atoms with Crippen LogP contribution in [0.2, 0.25) is 0 Å². The number of rotatable bonds is 6. The third kappa shape index (κ3) is 5.65. The summed E-state index contributed by atoms with van der Waals surface area (Å²) >= 11 is 0. The van der Waals surface area contributed by atoms with E-state index in [9.17, 15) is 4.79 Å². The van der Waals surface area contributed by atoms with Crippen LogP contribution in [0.5, 0.6) is 5.75 Å². The van der Waals surface area contributed by atoms with Crippen LogP contribution in [-0.2, 0) is 9.53 Å². The molecular weight excluding hydrogens is 380 g/mol. The average Bonchev–Trinajstić information content (AvgIpc) is 2.74. The van der Waals surface area contributed by atoms with Gasteiger partial charge in [0.25, 0.3) is 5.91 Å². The summed E-state index contributed by atoms with van der Waals surface area (Å²) in [4.78, 5) is 18.4. The molecule has 2 heterocycles. The van der Waals surface area contributed by atoms with E-state index in [1.54, 1.807) is 7.05 Å². The highest BCUT2D eigenvalue weighted by atomic mass is 16.5. The minimum Gasteiger partial charge on any atom is -0.482 e. The van der Waals surface area contributed by atoms with Crippen LogP contribution >= 0.6 is 0 Å². The zero-order chi connectivity index (χ0) is 21.6. The summed E-state index contributed by atoms with van der Waals surface area (Å²) in [6.07, 6.45) is 3.35. The lowest BCUT2D eigenvalue weighted by Crippen LogP contribution is -2.48. The normalized spacial score (nSPS) is 22.3. The number of ether oxygens (including phenoxy) is 2. The summed E-state index contributed by atoms with van der Waals surface area (Å²) < 4.78 is 11.6. The summed E-state index contributed by atoms with van der Waals surface area (Å²) in [6, 6.07) is 7.68. The molecule has 2 atom stereocenters. The first-order valence-electron chi connectivity index (χ1n) is 11.0. The van der Waals surface area contributed by atoms with E-state index in [1.165, 1.54) is 6.42 Å². The smallest absolute Gasteiger partial charge is 0.265 e. The summed E-state index contributed by atoms with van der Waals surface area (Å²) in [7, 11) is 1.79. The van der Waals surface area contributed by atoms with Gasteiger partial charge in [0.2, 0.25) is 0 Å². The molecule has 2 aliphatic rings. The van der Waals surface area contributed by atoms with Gasteiger partial charge >= 0.3 is 0 Å². The van der Waals surface area contributed by atoms with Gasteiger partial charge in [0.15, 0.2) is 12.6 Å². The van der Waals surface area contributed by atoms with Crippen LogP contribution < -0.4 is 20.3 Å². The van der Waals surface area contributed by atoms with Gasteiger partial charge in [0, 0.05) is 39.2 Å². The van der Waals surface area contributed by atoms with E-state index >= 15 is 0 Å². The molecule has 166 valence electrons. The van der Waals surface area contributed by atoms with Crippen LogP contribution in [-0.4, -0.2) is 57.9 Å². The van der Waals surface area contributed by atoms with Crippen molar-refractivity contribution in [3.8, 4) is 5.75 Å². The van der Waals surface area contributed by atoms with Crippen molar-refractivity contribution >= 4 is 17.6 Å². The lowest BCUT2D eigenvalue weighted by Gasteiger charge is -2.40. The second-order valence-electron chi connectivity index (χ2n) is 9.09. The maximum absolute atomic E-state index is 12.3. The minimum atomic E-state index is 0.00160. The number of guanidine groups is 1. The van der Waals surface area contributed by atoms with Gasteiger partial charge < -0.3 is 25.0 Å².